The average molecular weight is 380 g/mol. The van der Waals surface area contributed by atoms with Crippen LogP contribution in [0, 0.1) is 6.92 Å². The molecular weight excluding hydrogens is 361 g/mol. The molecule has 144 valence electrons. The Labute approximate surface area is 153 Å². The number of likely N-dealkylation sites (N-methyl/N-ethyl adjacent to an activating group) is 1. The highest BCUT2D eigenvalue weighted by atomic mass is 19.4. The van der Waals surface area contributed by atoms with Crippen molar-refractivity contribution in [2.45, 2.75) is 25.6 Å². The van der Waals surface area contributed by atoms with E-state index in [2.05, 4.69) is 10.4 Å². The summed E-state index contributed by atoms with van der Waals surface area (Å²) in [5, 5.41) is 7.22. The number of nitrogens with zero attached hydrogens (tertiary/aromatic N) is 3. The van der Waals surface area contributed by atoms with Crippen molar-refractivity contribution < 1.29 is 18.0 Å². The Morgan fingerprint density at radius 2 is 2.07 bits per heavy atom. The highest BCUT2D eigenvalue weighted by molar-refractivity contribution is 5.92. The number of benzene rings is 1. The maximum atomic E-state index is 13.0. The van der Waals surface area contributed by atoms with Crippen LogP contribution in [0.2, 0.25) is 0 Å². The predicted molar refractivity (Wildman–Crippen MR) is 92.9 cm³/mol. The van der Waals surface area contributed by atoms with Crippen molar-refractivity contribution in [1.29, 1.82) is 0 Å². The molecule has 3 rings (SSSR count). The van der Waals surface area contributed by atoms with Gasteiger partial charge >= 0.3 is 6.18 Å². The monoisotopic (exact) mass is 380 g/mol. The number of halogens is 3. The molecule has 1 saturated heterocycles. The molecule has 1 aliphatic heterocycles. The van der Waals surface area contributed by atoms with Crippen LogP contribution in [0.3, 0.4) is 0 Å². The standard InChI is InChI=1S/C18H19F3N4O2/c1-11-8-15(26)16(17(27)24(2)14-6-7-22-10-14)23-25(11)13-5-3-4-12(9-13)18(19,20)21/h3-5,8-9,14,22H,6-7,10H2,1-2H3/t14-/m0/s1. The van der Waals surface area contributed by atoms with Gasteiger partial charge in [0.25, 0.3) is 5.91 Å². The molecule has 0 spiro atoms. The van der Waals surface area contributed by atoms with Crippen LogP contribution >= 0.6 is 0 Å². The molecule has 1 N–H and O–H groups in total. The summed E-state index contributed by atoms with van der Waals surface area (Å²) in [6.45, 7) is 2.95. The van der Waals surface area contributed by atoms with Gasteiger partial charge in [-0.25, -0.2) is 4.68 Å². The highest BCUT2D eigenvalue weighted by Gasteiger charge is 2.31. The molecule has 1 aromatic carbocycles. The average Bonchev–Trinajstić information content (AvgIpc) is 3.14. The second-order valence-electron chi connectivity index (χ2n) is 6.52. The fourth-order valence-electron chi connectivity index (χ4n) is 3.07. The minimum Gasteiger partial charge on any atom is -0.336 e. The van der Waals surface area contributed by atoms with Crippen LogP contribution in [-0.2, 0) is 6.18 Å². The first kappa shape index (κ1) is 19.1. The maximum Gasteiger partial charge on any atom is 0.416 e. The number of rotatable bonds is 3. The summed E-state index contributed by atoms with van der Waals surface area (Å²) in [6.07, 6.45) is -3.74. The lowest BCUT2D eigenvalue weighted by molar-refractivity contribution is -0.137. The fourth-order valence-corrected chi connectivity index (χ4v) is 3.07. The molecule has 6 nitrogen and oxygen atoms in total. The van der Waals surface area contributed by atoms with Gasteiger partial charge in [-0.1, -0.05) is 6.07 Å². The first-order valence-corrected chi connectivity index (χ1v) is 8.45. The number of aryl methyl sites for hydroxylation is 1. The van der Waals surface area contributed by atoms with E-state index < -0.39 is 23.1 Å². The van der Waals surface area contributed by atoms with Crippen LogP contribution in [0.1, 0.15) is 28.2 Å². The molecule has 0 radical (unpaired) electrons. The zero-order chi connectivity index (χ0) is 19.8. The molecule has 1 fully saturated rings. The van der Waals surface area contributed by atoms with E-state index >= 15 is 0 Å². The molecule has 2 aromatic rings. The molecule has 1 aliphatic rings. The van der Waals surface area contributed by atoms with Gasteiger partial charge in [0, 0.05) is 31.4 Å². The minimum atomic E-state index is -4.50. The Hall–Kier alpha value is -2.68. The van der Waals surface area contributed by atoms with E-state index in [1.165, 1.54) is 27.8 Å². The fraction of sp³-hybridized carbons (Fsp3) is 0.389. The van der Waals surface area contributed by atoms with Gasteiger partial charge in [-0.15, -0.1) is 0 Å². The smallest absolute Gasteiger partial charge is 0.336 e. The quantitative estimate of drug-likeness (QED) is 0.885. The first-order valence-electron chi connectivity index (χ1n) is 8.45. The van der Waals surface area contributed by atoms with E-state index in [1.54, 1.807) is 14.0 Å². The predicted octanol–water partition coefficient (Wildman–Crippen LogP) is 1.99. The van der Waals surface area contributed by atoms with Crippen LogP contribution in [0.5, 0.6) is 0 Å². The Morgan fingerprint density at radius 1 is 1.33 bits per heavy atom. The van der Waals surface area contributed by atoms with Gasteiger partial charge < -0.3 is 10.2 Å². The SMILES string of the molecule is Cc1cc(=O)c(C(=O)N(C)[C@H]2CCNC2)nn1-c1cccc(C(F)(F)F)c1. The van der Waals surface area contributed by atoms with Crippen LogP contribution in [0.4, 0.5) is 13.2 Å². The van der Waals surface area contributed by atoms with Crippen LogP contribution in [0.15, 0.2) is 35.1 Å². The summed E-state index contributed by atoms with van der Waals surface area (Å²) in [5.74, 6) is -0.547. The van der Waals surface area contributed by atoms with E-state index in [0.29, 0.717) is 12.2 Å². The lowest BCUT2D eigenvalue weighted by Crippen LogP contribution is -2.41. The summed E-state index contributed by atoms with van der Waals surface area (Å²) in [7, 11) is 1.59. The highest BCUT2D eigenvalue weighted by Crippen LogP contribution is 2.30. The van der Waals surface area contributed by atoms with Crippen molar-refractivity contribution in [3.05, 3.63) is 57.5 Å². The number of carbonyl (C=O) groups excluding carboxylic acids is 1. The third-order valence-electron chi connectivity index (χ3n) is 4.63. The second kappa shape index (κ2) is 7.15. The van der Waals surface area contributed by atoms with Gasteiger partial charge in [0.1, 0.15) is 0 Å². The number of hydrogen-bond acceptors (Lipinski definition) is 4. The number of nitrogens with one attached hydrogen (secondary N) is 1. The van der Waals surface area contributed by atoms with E-state index in [4.69, 9.17) is 0 Å². The van der Waals surface area contributed by atoms with Crippen molar-refractivity contribution in [2.75, 3.05) is 20.1 Å². The molecule has 27 heavy (non-hydrogen) atoms. The summed E-state index contributed by atoms with van der Waals surface area (Å²) >= 11 is 0. The van der Waals surface area contributed by atoms with Gasteiger partial charge in [0.2, 0.25) is 5.43 Å². The summed E-state index contributed by atoms with van der Waals surface area (Å²) in [4.78, 5) is 26.5. The molecule has 0 unspecified atom stereocenters. The molecule has 1 atom stereocenters. The Kier molecular flexibility index (Phi) is 5.05. The summed E-state index contributed by atoms with van der Waals surface area (Å²) < 4.78 is 40.1. The number of amides is 1. The molecular formula is C18H19F3N4O2. The minimum absolute atomic E-state index is 0.0537. The Bertz CT molecular complexity index is 918. The number of aromatic nitrogens is 2. The van der Waals surface area contributed by atoms with Gasteiger partial charge in [-0.3, -0.25) is 9.59 Å². The third-order valence-corrected chi connectivity index (χ3v) is 4.63. The van der Waals surface area contributed by atoms with E-state index in [1.807, 2.05) is 0 Å². The van der Waals surface area contributed by atoms with Crippen molar-refractivity contribution in [3.8, 4) is 5.69 Å². The zero-order valence-corrected chi connectivity index (χ0v) is 14.9. The molecule has 0 saturated carbocycles. The Balaban J connectivity index is 2.02. The molecule has 0 aliphatic carbocycles. The summed E-state index contributed by atoms with van der Waals surface area (Å²) in [6, 6.07) is 5.74. The lowest BCUT2D eigenvalue weighted by atomic mass is 10.2. The van der Waals surface area contributed by atoms with Crippen molar-refractivity contribution in [2.24, 2.45) is 0 Å². The van der Waals surface area contributed by atoms with Crippen molar-refractivity contribution in [3.63, 3.8) is 0 Å². The van der Waals surface area contributed by atoms with Gasteiger partial charge in [0.15, 0.2) is 5.69 Å². The van der Waals surface area contributed by atoms with Crippen molar-refractivity contribution >= 4 is 5.91 Å². The maximum absolute atomic E-state index is 13.0. The molecule has 1 amide bonds. The van der Waals surface area contributed by atoms with E-state index in [-0.39, 0.29) is 17.4 Å². The second-order valence-corrected chi connectivity index (χ2v) is 6.52. The van der Waals surface area contributed by atoms with E-state index in [0.717, 1.165) is 25.1 Å². The molecule has 2 heterocycles. The number of alkyl halides is 3. The van der Waals surface area contributed by atoms with Gasteiger partial charge in [0.05, 0.1) is 11.3 Å². The Morgan fingerprint density at radius 3 is 2.70 bits per heavy atom. The molecule has 9 heteroatoms. The van der Waals surface area contributed by atoms with Crippen LogP contribution < -0.4 is 10.7 Å². The van der Waals surface area contributed by atoms with Crippen LogP contribution in [0.25, 0.3) is 5.69 Å². The zero-order valence-electron chi connectivity index (χ0n) is 14.9. The third kappa shape index (κ3) is 3.87. The first-order chi connectivity index (χ1) is 12.7. The van der Waals surface area contributed by atoms with E-state index in [9.17, 15) is 22.8 Å². The summed E-state index contributed by atoms with van der Waals surface area (Å²) in [5.41, 5.74) is -1.24. The molecule has 1 aromatic heterocycles. The normalized spacial score (nSPS) is 17.1. The number of hydrogen-bond donors (Lipinski definition) is 1. The van der Waals surface area contributed by atoms with Gasteiger partial charge in [-0.05, 0) is 38.1 Å². The lowest BCUT2D eigenvalue weighted by Gasteiger charge is -2.23. The topological polar surface area (TPSA) is 67.2 Å². The van der Waals surface area contributed by atoms with Crippen molar-refractivity contribution in [1.82, 2.24) is 20.0 Å². The van der Waals surface area contributed by atoms with Crippen LogP contribution in [-0.4, -0.2) is 46.8 Å². The van der Waals surface area contributed by atoms with Gasteiger partial charge in [-0.2, -0.15) is 18.3 Å². The number of carbonyl (C=O) groups is 1. The molecule has 0 bridgehead atoms. The largest absolute Gasteiger partial charge is 0.416 e.